The van der Waals surface area contributed by atoms with Crippen LogP contribution >= 0.6 is 0 Å². The molecule has 0 aliphatic carbocycles. The summed E-state index contributed by atoms with van der Waals surface area (Å²) in [4.78, 5) is 0. The quantitative estimate of drug-likeness (QED) is 0.680. The number of nitrogens with one attached hydrogen (secondary N) is 1. The molecule has 0 atom stereocenters. The van der Waals surface area contributed by atoms with Gasteiger partial charge in [0.25, 0.3) is 0 Å². The molecule has 0 saturated heterocycles. The van der Waals surface area contributed by atoms with Crippen LogP contribution in [0.3, 0.4) is 0 Å². The first kappa shape index (κ1) is 13.8. The lowest BCUT2D eigenvalue weighted by atomic mass is 10.2. The van der Waals surface area contributed by atoms with E-state index >= 15 is 0 Å². The minimum Gasteiger partial charge on any atom is -0.504 e. The molecule has 1 aromatic carbocycles. The summed E-state index contributed by atoms with van der Waals surface area (Å²) in [6, 6.07) is 5.37. The highest BCUT2D eigenvalue weighted by atomic mass is 16.5. The van der Waals surface area contributed by atoms with Gasteiger partial charge in [0.2, 0.25) is 0 Å². The van der Waals surface area contributed by atoms with Crippen LogP contribution in [0.1, 0.15) is 18.9 Å². The summed E-state index contributed by atoms with van der Waals surface area (Å²) in [7, 11) is 1.55. The topological polar surface area (TPSA) is 50.7 Å². The number of phenols is 1. The molecule has 0 bridgehead atoms. The molecule has 4 heteroatoms. The van der Waals surface area contributed by atoms with E-state index in [4.69, 9.17) is 9.47 Å². The number of phenolic OH excluding ortho intramolecular Hbond substituents is 1. The van der Waals surface area contributed by atoms with Crippen molar-refractivity contribution in [3.05, 3.63) is 23.8 Å². The molecule has 2 N–H and O–H groups in total. The Morgan fingerprint density at radius 3 is 2.88 bits per heavy atom. The molecule has 0 heterocycles. The summed E-state index contributed by atoms with van der Waals surface area (Å²) < 4.78 is 10.3. The molecule has 0 amide bonds. The van der Waals surface area contributed by atoms with Crippen molar-refractivity contribution in [1.82, 2.24) is 5.32 Å². The van der Waals surface area contributed by atoms with Gasteiger partial charge in [-0.1, -0.05) is 6.07 Å². The zero-order valence-corrected chi connectivity index (χ0v) is 10.5. The second-order valence-corrected chi connectivity index (χ2v) is 3.73. The molecule has 96 valence electrons. The predicted octanol–water partition coefficient (Wildman–Crippen LogP) is 1.92. The van der Waals surface area contributed by atoms with Crippen molar-refractivity contribution >= 4 is 0 Å². The van der Waals surface area contributed by atoms with Crippen LogP contribution in [-0.2, 0) is 11.3 Å². The Kier molecular flexibility index (Phi) is 6.43. The third-order valence-electron chi connectivity index (χ3n) is 2.42. The second kappa shape index (κ2) is 7.92. The maximum atomic E-state index is 9.44. The van der Waals surface area contributed by atoms with Gasteiger partial charge in [-0.25, -0.2) is 0 Å². The van der Waals surface area contributed by atoms with Crippen LogP contribution in [0.2, 0.25) is 0 Å². The molecule has 0 radical (unpaired) electrons. The summed E-state index contributed by atoms with van der Waals surface area (Å²) >= 11 is 0. The molecule has 0 spiro atoms. The Balaban J connectivity index is 2.27. The fraction of sp³-hybridized carbons (Fsp3) is 0.538. The lowest BCUT2D eigenvalue weighted by Crippen LogP contribution is -2.16. The van der Waals surface area contributed by atoms with E-state index in [1.165, 1.54) is 0 Å². The van der Waals surface area contributed by atoms with E-state index in [-0.39, 0.29) is 5.75 Å². The lowest BCUT2D eigenvalue weighted by molar-refractivity contribution is 0.144. The average Bonchev–Trinajstić information content (AvgIpc) is 2.35. The van der Waals surface area contributed by atoms with Crippen molar-refractivity contribution in [3.63, 3.8) is 0 Å². The van der Waals surface area contributed by atoms with Crippen LogP contribution in [0.5, 0.6) is 11.5 Å². The van der Waals surface area contributed by atoms with Gasteiger partial charge in [-0.05, 0) is 37.6 Å². The standard InChI is InChI=1S/C13H21NO3/c1-3-17-8-4-7-14-10-11-5-6-12(15)13(9-11)16-2/h5-6,9,14-15H,3-4,7-8,10H2,1-2H3. The highest BCUT2D eigenvalue weighted by Gasteiger charge is 2.01. The predicted molar refractivity (Wildman–Crippen MR) is 67.5 cm³/mol. The molecular weight excluding hydrogens is 218 g/mol. The van der Waals surface area contributed by atoms with Gasteiger partial charge < -0.3 is 19.9 Å². The smallest absolute Gasteiger partial charge is 0.160 e. The molecule has 1 aromatic rings. The van der Waals surface area contributed by atoms with Gasteiger partial charge in [0.05, 0.1) is 7.11 Å². The first-order valence-electron chi connectivity index (χ1n) is 5.92. The fourth-order valence-electron chi connectivity index (χ4n) is 1.51. The molecule has 0 aliphatic rings. The molecule has 0 saturated carbocycles. The van der Waals surface area contributed by atoms with Crippen molar-refractivity contribution in [3.8, 4) is 11.5 Å². The number of hydrogen-bond donors (Lipinski definition) is 2. The maximum Gasteiger partial charge on any atom is 0.160 e. The first-order valence-corrected chi connectivity index (χ1v) is 5.92. The number of ether oxygens (including phenoxy) is 2. The number of aromatic hydroxyl groups is 1. The average molecular weight is 239 g/mol. The van der Waals surface area contributed by atoms with Crippen molar-refractivity contribution in [2.24, 2.45) is 0 Å². The van der Waals surface area contributed by atoms with E-state index in [1.54, 1.807) is 13.2 Å². The number of rotatable bonds is 8. The highest BCUT2D eigenvalue weighted by Crippen LogP contribution is 2.25. The van der Waals surface area contributed by atoms with E-state index in [0.717, 1.165) is 38.3 Å². The van der Waals surface area contributed by atoms with Gasteiger partial charge in [0.15, 0.2) is 11.5 Å². The largest absolute Gasteiger partial charge is 0.504 e. The number of methoxy groups -OCH3 is 1. The van der Waals surface area contributed by atoms with E-state index in [9.17, 15) is 5.11 Å². The Bertz CT molecular complexity index is 328. The second-order valence-electron chi connectivity index (χ2n) is 3.73. The molecule has 0 unspecified atom stereocenters. The molecule has 0 fully saturated rings. The van der Waals surface area contributed by atoms with Crippen LogP contribution in [0.4, 0.5) is 0 Å². The monoisotopic (exact) mass is 239 g/mol. The lowest BCUT2D eigenvalue weighted by Gasteiger charge is -2.08. The zero-order valence-electron chi connectivity index (χ0n) is 10.5. The number of benzene rings is 1. The molecule has 0 aliphatic heterocycles. The molecule has 1 rings (SSSR count). The summed E-state index contributed by atoms with van der Waals surface area (Å²) in [6.45, 7) is 5.25. The van der Waals surface area contributed by atoms with Gasteiger partial charge >= 0.3 is 0 Å². The fourth-order valence-corrected chi connectivity index (χ4v) is 1.51. The van der Waals surface area contributed by atoms with E-state index in [2.05, 4.69) is 5.32 Å². The van der Waals surface area contributed by atoms with Crippen molar-refractivity contribution in [2.45, 2.75) is 19.9 Å². The molecule has 0 aromatic heterocycles. The highest BCUT2D eigenvalue weighted by molar-refractivity contribution is 5.41. The minimum atomic E-state index is 0.174. The van der Waals surface area contributed by atoms with Crippen molar-refractivity contribution in [2.75, 3.05) is 26.9 Å². The third-order valence-corrected chi connectivity index (χ3v) is 2.42. The Morgan fingerprint density at radius 1 is 1.35 bits per heavy atom. The minimum absolute atomic E-state index is 0.174. The Morgan fingerprint density at radius 2 is 2.18 bits per heavy atom. The zero-order chi connectivity index (χ0) is 12.5. The van der Waals surface area contributed by atoms with E-state index < -0.39 is 0 Å². The van der Waals surface area contributed by atoms with Gasteiger partial charge in [-0.3, -0.25) is 0 Å². The normalized spacial score (nSPS) is 10.5. The van der Waals surface area contributed by atoms with Crippen LogP contribution in [0.25, 0.3) is 0 Å². The Labute approximate surface area is 103 Å². The summed E-state index contributed by atoms with van der Waals surface area (Å²) in [6.07, 6.45) is 1.00. The first-order chi connectivity index (χ1) is 8.27. The SMILES string of the molecule is CCOCCCNCc1ccc(O)c(OC)c1. The summed E-state index contributed by atoms with van der Waals surface area (Å²) in [5, 5.41) is 12.8. The summed E-state index contributed by atoms with van der Waals surface area (Å²) in [5.41, 5.74) is 1.09. The van der Waals surface area contributed by atoms with Crippen molar-refractivity contribution < 1.29 is 14.6 Å². The molecular formula is C13H21NO3. The summed E-state index contributed by atoms with van der Waals surface area (Å²) in [5.74, 6) is 0.686. The molecule has 17 heavy (non-hydrogen) atoms. The van der Waals surface area contributed by atoms with Gasteiger partial charge in [0.1, 0.15) is 0 Å². The van der Waals surface area contributed by atoms with Crippen molar-refractivity contribution in [1.29, 1.82) is 0 Å². The van der Waals surface area contributed by atoms with Crippen LogP contribution in [-0.4, -0.2) is 32.0 Å². The van der Waals surface area contributed by atoms with Gasteiger partial charge in [-0.15, -0.1) is 0 Å². The van der Waals surface area contributed by atoms with Gasteiger partial charge in [0, 0.05) is 19.8 Å². The maximum absolute atomic E-state index is 9.44. The third kappa shape index (κ3) is 5.06. The number of hydrogen-bond acceptors (Lipinski definition) is 4. The van der Waals surface area contributed by atoms with Crippen LogP contribution in [0, 0.1) is 0 Å². The van der Waals surface area contributed by atoms with Crippen LogP contribution < -0.4 is 10.1 Å². The van der Waals surface area contributed by atoms with Gasteiger partial charge in [-0.2, -0.15) is 0 Å². The Hall–Kier alpha value is -1.26. The van der Waals surface area contributed by atoms with Crippen LogP contribution in [0.15, 0.2) is 18.2 Å². The van der Waals surface area contributed by atoms with E-state index in [0.29, 0.717) is 5.75 Å². The molecule has 4 nitrogen and oxygen atoms in total. The van der Waals surface area contributed by atoms with E-state index in [1.807, 2.05) is 19.1 Å².